The van der Waals surface area contributed by atoms with Crippen LogP contribution in [0, 0.1) is 0 Å². The van der Waals surface area contributed by atoms with Crippen molar-refractivity contribution in [1.29, 1.82) is 0 Å². The highest BCUT2D eigenvalue weighted by molar-refractivity contribution is 5.40. The van der Waals surface area contributed by atoms with Crippen molar-refractivity contribution < 1.29 is 0 Å². The number of fused-ring (bicyclic) bond motifs is 1. The lowest BCUT2D eigenvalue weighted by Gasteiger charge is -2.36. The summed E-state index contributed by atoms with van der Waals surface area (Å²) in [5, 5.41) is 0. The van der Waals surface area contributed by atoms with Crippen molar-refractivity contribution in [3.63, 3.8) is 0 Å². The molecule has 0 aromatic heterocycles. The number of rotatable bonds is 1. The Bertz CT molecular complexity index is 366. The van der Waals surface area contributed by atoms with Gasteiger partial charge >= 0.3 is 0 Å². The zero-order chi connectivity index (χ0) is 11.1. The average molecular weight is 203 g/mol. The Morgan fingerprint density at radius 2 is 2.13 bits per heavy atom. The third-order valence-corrected chi connectivity index (χ3v) is 3.73. The van der Waals surface area contributed by atoms with Crippen molar-refractivity contribution in [2.75, 3.05) is 0 Å². The number of nitrogens with two attached hydrogens (primary N) is 1. The molecule has 0 amide bonds. The fourth-order valence-electron chi connectivity index (χ4n) is 2.54. The second-order valence-electron chi connectivity index (χ2n) is 5.30. The van der Waals surface area contributed by atoms with E-state index in [9.17, 15) is 0 Å². The van der Waals surface area contributed by atoms with Gasteiger partial charge in [-0.2, -0.15) is 0 Å². The van der Waals surface area contributed by atoms with E-state index in [1.54, 1.807) is 0 Å². The van der Waals surface area contributed by atoms with Crippen LogP contribution in [-0.4, -0.2) is 0 Å². The minimum absolute atomic E-state index is 0.249. The van der Waals surface area contributed by atoms with Crippen LogP contribution in [0.2, 0.25) is 0 Å². The van der Waals surface area contributed by atoms with Crippen molar-refractivity contribution in [2.24, 2.45) is 5.73 Å². The molecule has 1 nitrogen and oxygen atoms in total. The molecule has 15 heavy (non-hydrogen) atoms. The third kappa shape index (κ3) is 1.81. The SMILES string of the molecule is CCc1ccc2c(c1)C(C)(C)CCC2N. The van der Waals surface area contributed by atoms with Crippen LogP contribution in [0.15, 0.2) is 18.2 Å². The van der Waals surface area contributed by atoms with Gasteiger partial charge in [-0.25, -0.2) is 0 Å². The smallest absolute Gasteiger partial charge is 0.0298 e. The Morgan fingerprint density at radius 3 is 2.80 bits per heavy atom. The van der Waals surface area contributed by atoms with Crippen LogP contribution < -0.4 is 5.73 Å². The van der Waals surface area contributed by atoms with Gasteiger partial charge in [0.05, 0.1) is 0 Å². The maximum absolute atomic E-state index is 6.16. The van der Waals surface area contributed by atoms with Gasteiger partial charge in [0.2, 0.25) is 0 Å². The van der Waals surface area contributed by atoms with Crippen LogP contribution in [0.5, 0.6) is 0 Å². The van der Waals surface area contributed by atoms with Crippen molar-refractivity contribution in [3.05, 3.63) is 34.9 Å². The number of benzene rings is 1. The van der Waals surface area contributed by atoms with E-state index in [-0.39, 0.29) is 6.04 Å². The van der Waals surface area contributed by atoms with E-state index in [4.69, 9.17) is 5.73 Å². The zero-order valence-electron chi connectivity index (χ0n) is 10.0. The molecule has 0 bridgehead atoms. The molecule has 1 aromatic carbocycles. The van der Waals surface area contributed by atoms with E-state index in [0.29, 0.717) is 5.41 Å². The highest BCUT2D eigenvalue weighted by atomic mass is 14.6. The zero-order valence-corrected chi connectivity index (χ0v) is 10.0. The molecule has 0 fully saturated rings. The summed E-state index contributed by atoms with van der Waals surface area (Å²) in [5.41, 5.74) is 10.7. The minimum Gasteiger partial charge on any atom is -0.324 e. The summed E-state index contributed by atoms with van der Waals surface area (Å²) in [6.07, 6.45) is 3.43. The number of hydrogen-bond acceptors (Lipinski definition) is 1. The van der Waals surface area contributed by atoms with Crippen LogP contribution in [0.25, 0.3) is 0 Å². The fraction of sp³-hybridized carbons (Fsp3) is 0.571. The van der Waals surface area contributed by atoms with Gasteiger partial charge in [0.1, 0.15) is 0 Å². The van der Waals surface area contributed by atoms with Gasteiger partial charge in [0, 0.05) is 6.04 Å². The van der Waals surface area contributed by atoms with Crippen molar-refractivity contribution in [2.45, 2.75) is 51.5 Å². The first-order valence-corrected chi connectivity index (χ1v) is 5.93. The summed E-state index contributed by atoms with van der Waals surface area (Å²) in [7, 11) is 0. The Kier molecular flexibility index (Phi) is 2.59. The first-order chi connectivity index (χ1) is 7.04. The van der Waals surface area contributed by atoms with Crippen molar-refractivity contribution in [3.8, 4) is 0 Å². The highest BCUT2D eigenvalue weighted by Gasteiger charge is 2.30. The molecule has 0 aliphatic heterocycles. The molecule has 0 saturated heterocycles. The normalized spacial score (nSPS) is 23.6. The average Bonchev–Trinajstić information content (AvgIpc) is 2.24. The third-order valence-electron chi connectivity index (χ3n) is 3.73. The second-order valence-corrected chi connectivity index (χ2v) is 5.30. The topological polar surface area (TPSA) is 26.0 Å². The van der Waals surface area contributed by atoms with Crippen molar-refractivity contribution >= 4 is 0 Å². The number of aryl methyl sites for hydroxylation is 1. The van der Waals surface area contributed by atoms with Gasteiger partial charge in [-0.1, -0.05) is 39.0 Å². The summed E-state index contributed by atoms with van der Waals surface area (Å²) in [6, 6.07) is 7.06. The largest absolute Gasteiger partial charge is 0.324 e. The predicted octanol–water partition coefficient (Wildman–Crippen LogP) is 3.32. The second kappa shape index (κ2) is 3.64. The first kappa shape index (κ1) is 10.7. The molecule has 1 aliphatic rings. The summed E-state index contributed by atoms with van der Waals surface area (Å²) in [6.45, 7) is 6.87. The van der Waals surface area contributed by atoms with Gasteiger partial charge in [0.25, 0.3) is 0 Å². The van der Waals surface area contributed by atoms with Gasteiger partial charge in [0.15, 0.2) is 0 Å². The minimum atomic E-state index is 0.249. The monoisotopic (exact) mass is 203 g/mol. The van der Waals surface area contributed by atoms with Crippen LogP contribution in [-0.2, 0) is 11.8 Å². The lowest BCUT2D eigenvalue weighted by Crippen LogP contribution is -2.29. The summed E-state index contributed by atoms with van der Waals surface area (Å²) in [5.74, 6) is 0. The molecule has 2 rings (SSSR count). The Morgan fingerprint density at radius 1 is 1.40 bits per heavy atom. The van der Waals surface area contributed by atoms with Crippen LogP contribution in [0.1, 0.15) is 56.3 Å². The first-order valence-electron chi connectivity index (χ1n) is 5.93. The molecule has 82 valence electrons. The summed E-state index contributed by atoms with van der Waals surface area (Å²) >= 11 is 0. The van der Waals surface area contributed by atoms with Crippen molar-refractivity contribution in [1.82, 2.24) is 0 Å². The van der Waals surface area contributed by atoms with E-state index in [1.807, 2.05) is 0 Å². The molecule has 1 atom stereocenters. The van der Waals surface area contributed by atoms with E-state index in [0.717, 1.165) is 12.8 Å². The quantitative estimate of drug-likeness (QED) is 0.744. The molecular formula is C14H21N. The molecule has 0 saturated carbocycles. The molecule has 0 radical (unpaired) electrons. The molecular weight excluding hydrogens is 182 g/mol. The Balaban J connectivity index is 2.53. The molecule has 0 spiro atoms. The van der Waals surface area contributed by atoms with Gasteiger partial charge in [-0.05, 0) is 41.4 Å². The molecule has 1 heteroatoms. The molecule has 1 aliphatic carbocycles. The fourth-order valence-corrected chi connectivity index (χ4v) is 2.54. The van der Waals surface area contributed by atoms with E-state index >= 15 is 0 Å². The maximum Gasteiger partial charge on any atom is 0.0298 e. The van der Waals surface area contributed by atoms with Gasteiger partial charge in [-0.15, -0.1) is 0 Å². The standard InChI is InChI=1S/C14H21N/c1-4-10-5-6-11-12(9-10)14(2,3)8-7-13(11)15/h5-6,9,13H,4,7-8,15H2,1-3H3. The van der Waals surface area contributed by atoms with Gasteiger partial charge < -0.3 is 5.73 Å². The molecule has 2 N–H and O–H groups in total. The summed E-state index contributed by atoms with van der Waals surface area (Å²) in [4.78, 5) is 0. The molecule has 0 heterocycles. The summed E-state index contributed by atoms with van der Waals surface area (Å²) < 4.78 is 0. The van der Waals surface area contributed by atoms with E-state index < -0.39 is 0 Å². The maximum atomic E-state index is 6.16. The Labute approximate surface area is 92.7 Å². The molecule has 1 aromatic rings. The lowest BCUT2D eigenvalue weighted by molar-refractivity contribution is 0.395. The van der Waals surface area contributed by atoms with Gasteiger partial charge in [-0.3, -0.25) is 0 Å². The van der Waals surface area contributed by atoms with E-state index in [2.05, 4.69) is 39.0 Å². The van der Waals surface area contributed by atoms with E-state index in [1.165, 1.54) is 23.1 Å². The van der Waals surface area contributed by atoms with Crippen LogP contribution in [0.3, 0.4) is 0 Å². The highest BCUT2D eigenvalue weighted by Crippen LogP contribution is 2.40. The lowest BCUT2D eigenvalue weighted by atomic mass is 9.70. The molecule has 1 unspecified atom stereocenters. The van der Waals surface area contributed by atoms with Crippen LogP contribution >= 0.6 is 0 Å². The van der Waals surface area contributed by atoms with Crippen LogP contribution in [0.4, 0.5) is 0 Å². The number of hydrogen-bond donors (Lipinski definition) is 1. The predicted molar refractivity (Wildman–Crippen MR) is 65.0 cm³/mol. The Hall–Kier alpha value is -0.820.